The molecule has 0 aliphatic rings. The molecule has 134 valence electrons. The highest BCUT2D eigenvalue weighted by Crippen LogP contribution is 2.24. The van der Waals surface area contributed by atoms with Crippen molar-refractivity contribution in [3.63, 3.8) is 0 Å². The highest BCUT2D eigenvalue weighted by Gasteiger charge is 2.18. The minimum atomic E-state index is -0.392. The van der Waals surface area contributed by atoms with Crippen LogP contribution in [-0.4, -0.2) is 20.5 Å². The predicted molar refractivity (Wildman–Crippen MR) is 102 cm³/mol. The number of carbonyl (C=O) groups is 1. The van der Waals surface area contributed by atoms with Crippen molar-refractivity contribution in [2.45, 2.75) is 13.8 Å². The molecule has 0 radical (unpaired) electrons. The van der Waals surface area contributed by atoms with E-state index in [0.29, 0.717) is 22.6 Å². The third-order valence-corrected chi connectivity index (χ3v) is 4.65. The number of hydrogen-bond donors (Lipinski definition) is 1. The summed E-state index contributed by atoms with van der Waals surface area (Å²) in [6, 6.07) is 15.5. The first-order valence-corrected chi connectivity index (χ1v) is 8.52. The number of carbonyl (C=O) groups excluding carboxylic acids is 1. The molecule has 2 heterocycles. The van der Waals surface area contributed by atoms with E-state index in [2.05, 4.69) is 15.5 Å². The molecule has 4 rings (SSSR count). The van der Waals surface area contributed by atoms with Gasteiger partial charge >= 0.3 is 0 Å². The van der Waals surface area contributed by atoms with Crippen LogP contribution in [0.2, 0.25) is 0 Å². The molecule has 27 heavy (non-hydrogen) atoms. The van der Waals surface area contributed by atoms with Gasteiger partial charge in [0.15, 0.2) is 11.5 Å². The molecule has 0 bridgehead atoms. The number of pyridine rings is 1. The number of anilines is 1. The standard InChI is InChI=1S/C21H17FN4O/c1-13-7-5-11-18(14(13)2)23-21(27)16-9-6-12-26-19(24-25-20(16)26)15-8-3-4-10-17(15)22/h3-12H,1-2H3,(H,23,27). The lowest BCUT2D eigenvalue weighted by Crippen LogP contribution is -2.14. The zero-order chi connectivity index (χ0) is 19.0. The molecule has 0 fully saturated rings. The molecule has 2 aromatic heterocycles. The molecular formula is C21H17FN4O. The van der Waals surface area contributed by atoms with E-state index in [9.17, 15) is 9.18 Å². The van der Waals surface area contributed by atoms with E-state index in [1.54, 1.807) is 40.9 Å². The van der Waals surface area contributed by atoms with Crippen molar-refractivity contribution >= 4 is 17.2 Å². The monoisotopic (exact) mass is 360 g/mol. The van der Waals surface area contributed by atoms with E-state index in [1.807, 2.05) is 32.0 Å². The van der Waals surface area contributed by atoms with Crippen LogP contribution in [0.25, 0.3) is 17.0 Å². The van der Waals surface area contributed by atoms with Gasteiger partial charge in [0, 0.05) is 11.9 Å². The third-order valence-electron chi connectivity index (χ3n) is 4.65. The largest absolute Gasteiger partial charge is 0.322 e. The van der Waals surface area contributed by atoms with Gasteiger partial charge in [-0.2, -0.15) is 0 Å². The van der Waals surface area contributed by atoms with Crippen molar-refractivity contribution in [2.24, 2.45) is 0 Å². The van der Waals surface area contributed by atoms with E-state index < -0.39 is 5.82 Å². The maximum Gasteiger partial charge on any atom is 0.259 e. The fourth-order valence-electron chi connectivity index (χ4n) is 3.00. The average molecular weight is 360 g/mol. The number of nitrogens with zero attached hydrogens (tertiary/aromatic N) is 3. The maximum absolute atomic E-state index is 14.1. The summed E-state index contributed by atoms with van der Waals surface area (Å²) in [7, 11) is 0. The molecule has 0 saturated carbocycles. The molecular weight excluding hydrogens is 343 g/mol. The number of nitrogens with one attached hydrogen (secondary N) is 1. The molecule has 0 aliphatic carbocycles. The van der Waals surface area contributed by atoms with Gasteiger partial charge in [-0.1, -0.05) is 24.3 Å². The highest BCUT2D eigenvalue weighted by molar-refractivity contribution is 6.08. The molecule has 0 spiro atoms. The number of fused-ring (bicyclic) bond motifs is 1. The van der Waals surface area contributed by atoms with Gasteiger partial charge < -0.3 is 5.32 Å². The van der Waals surface area contributed by atoms with Crippen LogP contribution in [-0.2, 0) is 0 Å². The zero-order valence-electron chi connectivity index (χ0n) is 14.9. The van der Waals surface area contributed by atoms with Crippen LogP contribution >= 0.6 is 0 Å². The Kier molecular flexibility index (Phi) is 4.16. The lowest BCUT2D eigenvalue weighted by Gasteiger charge is -2.11. The maximum atomic E-state index is 14.1. The Morgan fingerprint density at radius 2 is 1.81 bits per heavy atom. The summed E-state index contributed by atoms with van der Waals surface area (Å²) < 4.78 is 15.8. The number of amides is 1. The molecule has 0 saturated heterocycles. The van der Waals surface area contributed by atoms with Crippen molar-refractivity contribution in [3.05, 3.63) is 83.3 Å². The average Bonchev–Trinajstić information content (AvgIpc) is 3.10. The molecule has 1 amide bonds. The van der Waals surface area contributed by atoms with Crippen molar-refractivity contribution < 1.29 is 9.18 Å². The lowest BCUT2D eigenvalue weighted by atomic mass is 10.1. The lowest BCUT2D eigenvalue weighted by molar-refractivity contribution is 0.102. The first kappa shape index (κ1) is 16.9. The van der Waals surface area contributed by atoms with Crippen LogP contribution in [0, 0.1) is 19.7 Å². The second kappa shape index (κ2) is 6.64. The second-order valence-corrected chi connectivity index (χ2v) is 6.32. The summed E-state index contributed by atoms with van der Waals surface area (Å²) in [5.41, 5.74) is 3.92. The van der Waals surface area contributed by atoms with Gasteiger partial charge in [-0.25, -0.2) is 4.39 Å². The Balaban J connectivity index is 1.76. The van der Waals surface area contributed by atoms with Gasteiger partial charge in [0.1, 0.15) is 5.82 Å². The molecule has 2 aromatic carbocycles. The van der Waals surface area contributed by atoms with Gasteiger partial charge in [0.05, 0.1) is 11.1 Å². The van der Waals surface area contributed by atoms with Crippen LogP contribution in [0.3, 0.4) is 0 Å². The summed E-state index contributed by atoms with van der Waals surface area (Å²) in [6.07, 6.45) is 1.71. The summed E-state index contributed by atoms with van der Waals surface area (Å²) in [4.78, 5) is 12.8. The van der Waals surface area contributed by atoms with Gasteiger partial charge in [0.2, 0.25) is 0 Å². The molecule has 1 N–H and O–H groups in total. The third kappa shape index (κ3) is 2.95. The molecule has 0 unspecified atom stereocenters. The van der Waals surface area contributed by atoms with E-state index in [1.165, 1.54) is 6.07 Å². The van der Waals surface area contributed by atoms with Crippen LogP contribution < -0.4 is 5.32 Å². The topological polar surface area (TPSA) is 59.3 Å². The quantitative estimate of drug-likeness (QED) is 0.589. The number of hydrogen-bond acceptors (Lipinski definition) is 3. The highest BCUT2D eigenvalue weighted by atomic mass is 19.1. The number of benzene rings is 2. The number of rotatable bonds is 3. The minimum Gasteiger partial charge on any atom is -0.322 e. The van der Waals surface area contributed by atoms with Gasteiger partial charge in [-0.3, -0.25) is 9.20 Å². The van der Waals surface area contributed by atoms with Crippen LogP contribution in [0.1, 0.15) is 21.5 Å². The normalized spacial score (nSPS) is 10.9. The number of aryl methyl sites for hydroxylation is 1. The Morgan fingerprint density at radius 3 is 2.63 bits per heavy atom. The molecule has 0 atom stereocenters. The van der Waals surface area contributed by atoms with Gasteiger partial charge in [0.25, 0.3) is 5.91 Å². The summed E-state index contributed by atoms with van der Waals surface area (Å²) in [5.74, 6) is -0.330. The predicted octanol–water partition coefficient (Wildman–Crippen LogP) is 4.40. The van der Waals surface area contributed by atoms with Crippen LogP contribution in [0.4, 0.5) is 10.1 Å². The molecule has 4 aromatic rings. The van der Waals surface area contributed by atoms with E-state index in [0.717, 1.165) is 16.8 Å². The van der Waals surface area contributed by atoms with Crippen molar-refractivity contribution in [1.82, 2.24) is 14.6 Å². The molecule has 5 nitrogen and oxygen atoms in total. The Hall–Kier alpha value is -3.54. The minimum absolute atomic E-state index is 0.290. The van der Waals surface area contributed by atoms with E-state index >= 15 is 0 Å². The van der Waals surface area contributed by atoms with Crippen molar-refractivity contribution in [2.75, 3.05) is 5.32 Å². The van der Waals surface area contributed by atoms with Crippen LogP contribution in [0.15, 0.2) is 60.8 Å². The molecule has 0 aliphatic heterocycles. The van der Waals surface area contributed by atoms with Crippen molar-refractivity contribution in [1.29, 1.82) is 0 Å². The SMILES string of the molecule is Cc1cccc(NC(=O)c2cccn3c(-c4ccccc4F)nnc23)c1C. The summed E-state index contributed by atoms with van der Waals surface area (Å²) in [5, 5.41) is 11.2. The smallest absolute Gasteiger partial charge is 0.259 e. The Labute approximate surface area is 155 Å². The summed E-state index contributed by atoms with van der Waals surface area (Å²) in [6.45, 7) is 3.95. The van der Waals surface area contributed by atoms with Gasteiger partial charge in [-0.15, -0.1) is 10.2 Å². The second-order valence-electron chi connectivity index (χ2n) is 6.32. The first-order valence-electron chi connectivity index (χ1n) is 8.52. The fraction of sp³-hybridized carbons (Fsp3) is 0.0952. The van der Waals surface area contributed by atoms with Crippen LogP contribution in [0.5, 0.6) is 0 Å². The fourth-order valence-corrected chi connectivity index (χ4v) is 3.00. The van der Waals surface area contributed by atoms with Crippen molar-refractivity contribution in [3.8, 4) is 11.4 Å². The Morgan fingerprint density at radius 1 is 1.00 bits per heavy atom. The number of aromatic nitrogens is 3. The summed E-state index contributed by atoms with van der Waals surface area (Å²) >= 11 is 0. The zero-order valence-corrected chi connectivity index (χ0v) is 14.9. The first-order chi connectivity index (χ1) is 13.1. The van der Waals surface area contributed by atoms with Gasteiger partial charge in [-0.05, 0) is 55.3 Å². The van der Waals surface area contributed by atoms with E-state index in [-0.39, 0.29) is 5.91 Å². The number of halogens is 1. The molecule has 6 heteroatoms. The van der Waals surface area contributed by atoms with E-state index in [4.69, 9.17) is 0 Å². The Bertz CT molecular complexity index is 1170.